The van der Waals surface area contributed by atoms with Crippen LogP contribution in [-0.2, 0) is 57.2 Å². The number of amides is 2. The lowest BCUT2D eigenvalue weighted by Gasteiger charge is -2.28. The van der Waals surface area contributed by atoms with Gasteiger partial charge in [0.05, 0.1) is 19.7 Å². The van der Waals surface area contributed by atoms with E-state index in [1.165, 1.54) is 38.2 Å². The molecule has 10 nitrogen and oxygen atoms in total. The first kappa shape index (κ1) is 55.5. The maximum Gasteiger partial charge on any atom is 0.224 e. The first-order valence-electron chi connectivity index (χ1n) is 25.0. The second kappa shape index (κ2) is 24.0. The number of carbonyl (C=O) groups is 2. The molecule has 0 unspecified atom stereocenters. The number of rotatable bonds is 22. The van der Waals surface area contributed by atoms with E-state index in [4.69, 9.17) is 4.74 Å². The molecule has 0 spiro atoms. The van der Waals surface area contributed by atoms with Gasteiger partial charge in [0.25, 0.3) is 0 Å². The maximum atomic E-state index is 13.5. The number of aromatic hydroxyl groups is 3. The number of phenols is 3. The SMILES string of the molecule is CCCCCCCCCCOc1ccc(NC(=O)CCc2cc(C(C)(C)C)c(O)c(C(C)(C)C)c2)cc1CN(O)Cc1cc(NC(=O)CCc2cc(C(C)(C)C)c(O)c(C(C)(C)C)c2)ccc1O. The molecule has 68 heavy (non-hydrogen) atoms. The van der Waals surface area contributed by atoms with Crippen molar-refractivity contribution in [3.8, 4) is 23.0 Å². The quantitative estimate of drug-likeness (QED) is 0.0259. The van der Waals surface area contributed by atoms with Crippen molar-refractivity contribution < 1.29 is 34.9 Å². The number of nitrogens with zero attached hydrogens (tertiary/aromatic N) is 1. The van der Waals surface area contributed by atoms with Gasteiger partial charge < -0.3 is 35.9 Å². The molecule has 0 aromatic heterocycles. The summed E-state index contributed by atoms with van der Waals surface area (Å²) in [6, 6.07) is 18.3. The van der Waals surface area contributed by atoms with E-state index < -0.39 is 0 Å². The Bertz CT molecular complexity index is 2240. The van der Waals surface area contributed by atoms with Crippen molar-refractivity contribution in [2.45, 2.75) is 202 Å². The molecule has 374 valence electrons. The Morgan fingerprint density at radius 3 is 1.34 bits per heavy atom. The van der Waals surface area contributed by atoms with Gasteiger partial charge in [-0.25, -0.2) is 0 Å². The predicted molar refractivity (Wildman–Crippen MR) is 279 cm³/mol. The first-order chi connectivity index (χ1) is 31.7. The third-order valence-corrected chi connectivity index (χ3v) is 12.5. The zero-order valence-corrected chi connectivity index (χ0v) is 43.8. The summed E-state index contributed by atoms with van der Waals surface area (Å²) < 4.78 is 6.30. The van der Waals surface area contributed by atoms with Crippen LogP contribution in [0.15, 0.2) is 60.7 Å². The Kier molecular flexibility index (Phi) is 19.6. The molecule has 4 aromatic carbocycles. The van der Waals surface area contributed by atoms with Gasteiger partial charge >= 0.3 is 0 Å². The second-order valence-corrected chi connectivity index (χ2v) is 23.0. The van der Waals surface area contributed by atoms with Gasteiger partial charge in [0.1, 0.15) is 23.0 Å². The molecule has 0 fully saturated rings. The summed E-state index contributed by atoms with van der Waals surface area (Å²) in [5, 5.41) is 51.7. The molecule has 0 bridgehead atoms. The number of hydroxylamine groups is 2. The van der Waals surface area contributed by atoms with Crippen LogP contribution in [0.2, 0.25) is 0 Å². The average Bonchev–Trinajstić information content (AvgIpc) is 3.22. The van der Waals surface area contributed by atoms with Crippen LogP contribution in [0.4, 0.5) is 11.4 Å². The molecule has 0 aliphatic carbocycles. The van der Waals surface area contributed by atoms with Crippen molar-refractivity contribution in [3.05, 3.63) is 105 Å². The van der Waals surface area contributed by atoms with Gasteiger partial charge in [-0.3, -0.25) is 9.59 Å². The molecule has 4 aromatic rings. The normalized spacial score (nSPS) is 12.4. The number of benzene rings is 4. The molecule has 0 aliphatic heterocycles. The highest BCUT2D eigenvalue weighted by Crippen LogP contribution is 2.42. The molecular formula is C58H85N3O7. The van der Waals surface area contributed by atoms with E-state index in [0.29, 0.717) is 59.2 Å². The lowest BCUT2D eigenvalue weighted by Crippen LogP contribution is -2.20. The highest BCUT2D eigenvalue weighted by atomic mass is 16.5. The van der Waals surface area contributed by atoms with Crippen LogP contribution in [-0.4, -0.2) is 44.0 Å². The minimum absolute atomic E-state index is 0.0272. The predicted octanol–water partition coefficient (Wildman–Crippen LogP) is 14.0. The Balaban J connectivity index is 1.47. The highest BCUT2D eigenvalue weighted by molar-refractivity contribution is 5.91. The zero-order valence-electron chi connectivity index (χ0n) is 43.8. The molecule has 4 rings (SSSR count). The standard InChI is InChI=1S/C58H85N3O7/c1-14-15-16-17-18-19-20-21-30-68-50-27-25-44(60-52(64)29-23-40-33-47(57(8,9)10)54(66)48(34-40)58(11,12)13)36-42(50)38-61(67)37-41-35-43(24-26-49(41)62)59-51(63)28-22-39-31-45(55(2,3)4)53(65)46(32-39)56(5,6)7/h24-27,31-36,62,65-67H,14-23,28-30,37-38H2,1-13H3,(H,59,63)(H,60,64). The van der Waals surface area contributed by atoms with Crippen LogP contribution in [0, 0.1) is 0 Å². The van der Waals surface area contributed by atoms with E-state index in [-0.39, 0.29) is 65.2 Å². The second-order valence-electron chi connectivity index (χ2n) is 23.0. The lowest BCUT2D eigenvalue weighted by molar-refractivity contribution is -0.117. The number of aryl methyl sites for hydroxylation is 2. The molecular weight excluding hydrogens is 851 g/mol. The molecule has 6 N–H and O–H groups in total. The van der Waals surface area contributed by atoms with Gasteiger partial charge in [-0.1, -0.05) is 159 Å². The van der Waals surface area contributed by atoms with Crippen LogP contribution in [0.5, 0.6) is 23.0 Å². The van der Waals surface area contributed by atoms with E-state index in [0.717, 1.165) is 57.7 Å². The van der Waals surface area contributed by atoms with Crippen molar-refractivity contribution >= 4 is 23.2 Å². The van der Waals surface area contributed by atoms with E-state index in [2.05, 4.69) is 101 Å². The van der Waals surface area contributed by atoms with Crippen LogP contribution in [0.25, 0.3) is 0 Å². The molecule has 0 aliphatic rings. The van der Waals surface area contributed by atoms with Crippen LogP contribution in [0.3, 0.4) is 0 Å². The van der Waals surface area contributed by atoms with Gasteiger partial charge in [-0.2, -0.15) is 5.06 Å². The summed E-state index contributed by atoms with van der Waals surface area (Å²) in [6.45, 7) is 27.6. The summed E-state index contributed by atoms with van der Waals surface area (Å²) in [5.74, 6) is 0.823. The Morgan fingerprint density at radius 2 is 0.912 bits per heavy atom. The molecule has 2 amide bonds. The van der Waals surface area contributed by atoms with E-state index in [9.17, 15) is 30.1 Å². The van der Waals surface area contributed by atoms with Crippen molar-refractivity contribution in [1.82, 2.24) is 5.06 Å². The Morgan fingerprint density at radius 1 is 0.529 bits per heavy atom. The van der Waals surface area contributed by atoms with Crippen molar-refractivity contribution in [3.63, 3.8) is 0 Å². The molecule has 0 saturated carbocycles. The summed E-state index contributed by atoms with van der Waals surface area (Å²) in [6.07, 6.45) is 10.8. The van der Waals surface area contributed by atoms with Gasteiger partial charge in [0.2, 0.25) is 11.8 Å². The Hall–Kier alpha value is -5.06. The zero-order chi connectivity index (χ0) is 50.6. The van der Waals surface area contributed by atoms with Gasteiger partial charge in [0, 0.05) is 35.3 Å². The monoisotopic (exact) mass is 936 g/mol. The third-order valence-electron chi connectivity index (χ3n) is 12.5. The van der Waals surface area contributed by atoms with Crippen LogP contribution >= 0.6 is 0 Å². The summed E-state index contributed by atoms with van der Waals surface area (Å²) in [4.78, 5) is 26.8. The van der Waals surface area contributed by atoms with Crippen molar-refractivity contribution in [1.29, 1.82) is 0 Å². The number of ether oxygens (including phenoxy) is 1. The molecule has 0 saturated heterocycles. The van der Waals surface area contributed by atoms with Gasteiger partial charge in [-0.05, 0) is 111 Å². The number of carbonyl (C=O) groups excluding carboxylic acids is 2. The van der Waals surface area contributed by atoms with Gasteiger partial charge in [-0.15, -0.1) is 0 Å². The molecule has 0 atom stereocenters. The minimum Gasteiger partial charge on any atom is -0.508 e. The van der Waals surface area contributed by atoms with E-state index in [1.807, 2.05) is 42.5 Å². The number of anilines is 2. The highest BCUT2D eigenvalue weighted by Gasteiger charge is 2.28. The molecule has 0 heterocycles. The Labute approximate surface area is 408 Å². The summed E-state index contributed by atoms with van der Waals surface area (Å²) >= 11 is 0. The van der Waals surface area contributed by atoms with E-state index >= 15 is 0 Å². The van der Waals surface area contributed by atoms with Crippen LogP contribution in [0.1, 0.15) is 199 Å². The van der Waals surface area contributed by atoms with E-state index in [1.54, 1.807) is 12.1 Å². The minimum atomic E-state index is -0.282. The summed E-state index contributed by atoms with van der Waals surface area (Å²) in [5.41, 5.74) is 6.39. The van der Waals surface area contributed by atoms with Crippen LogP contribution < -0.4 is 15.4 Å². The first-order valence-corrected chi connectivity index (χ1v) is 25.0. The molecule has 0 radical (unpaired) electrons. The van der Waals surface area contributed by atoms with Crippen molar-refractivity contribution in [2.24, 2.45) is 0 Å². The number of hydrogen-bond donors (Lipinski definition) is 6. The fraction of sp³-hybridized carbons (Fsp3) is 0.552. The number of nitrogens with one attached hydrogen (secondary N) is 2. The third kappa shape index (κ3) is 16.9. The number of phenolic OH excluding ortho intramolecular Hbond substituents is 3. The maximum absolute atomic E-state index is 13.5. The average molecular weight is 936 g/mol. The number of hydrogen-bond acceptors (Lipinski definition) is 8. The topological polar surface area (TPSA) is 152 Å². The fourth-order valence-electron chi connectivity index (χ4n) is 8.51. The molecule has 10 heteroatoms. The smallest absolute Gasteiger partial charge is 0.224 e. The summed E-state index contributed by atoms with van der Waals surface area (Å²) in [7, 11) is 0. The lowest BCUT2D eigenvalue weighted by atomic mass is 9.78. The largest absolute Gasteiger partial charge is 0.508 e. The number of unbranched alkanes of at least 4 members (excludes halogenated alkanes) is 7. The van der Waals surface area contributed by atoms with Gasteiger partial charge in [0.15, 0.2) is 0 Å². The fourth-order valence-corrected chi connectivity index (χ4v) is 8.51. The van der Waals surface area contributed by atoms with Crippen molar-refractivity contribution in [2.75, 3.05) is 17.2 Å².